The molecule has 1 aliphatic heterocycles. The van der Waals surface area contributed by atoms with Crippen molar-refractivity contribution in [3.8, 4) is 0 Å². The van der Waals surface area contributed by atoms with Crippen molar-refractivity contribution in [1.29, 1.82) is 0 Å². The third kappa shape index (κ3) is 9.87. The first-order valence-corrected chi connectivity index (χ1v) is 14.3. The minimum atomic E-state index is -0.244. The molecule has 1 aliphatic rings. The summed E-state index contributed by atoms with van der Waals surface area (Å²) in [6, 6.07) is 8.32. The predicted molar refractivity (Wildman–Crippen MR) is 141 cm³/mol. The minimum absolute atomic E-state index is 0.210. The standard InChI is InChI=1S/C28H47BrO5/c1-5-9-16-30-21-24-26(31-17-10-6-2)28(33-19-12-8-4)27(32-18-11-7-3)25(34-24)22-14-13-15-23(29)20-22/h13-15,20,24-28H,5-12,16-19,21H2,1-4H3/t24?,25?,26-,27+,28?/m1/s1. The second-order valence-electron chi connectivity index (χ2n) is 9.15. The maximum absolute atomic E-state index is 6.76. The average molecular weight is 544 g/mol. The normalized spacial score (nSPS) is 25.0. The third-order valence-corrected chi connectivity index (χ3v) is 6.65. The van der Waals surface area contributed by atoms with E-state index in [1.165, 1.54) is 0 Å². The van der Waals surface area contributed by atoms with Gasteiger partial charge in [-0.15, -0.1) is 0 Å². The Labute approximate surface area is 216 Å². The van der Waals surface area contributed by atoms with Crippen LogP contribution in [0.25, 0.3) is 0 Å². The SMILES string of the molecule is CCCCOCC1OC(c2cccc(Br)c2)[C@H](OCCCC)C(OCCCC)[C@@H]1OCCCC. The van der Waals surface area contributed by atoms with E-state index in [2.05, 4.69) is 61.8 Å². The Morgan fingerprint density at radius 3 is 1.88 bits per heavy atom. The quantitative estimate of drug-likeness (QED) is 0.182. The molecule has 34 heavy (non-hydrogen) atoms. The molecule has 0 N–H and O–H groups in total. The molecule has 0 amide bonds. The third-order valence-electron chi connectivity index (χ3n) is 6.16. The highest BCUT2D eigenvalue weighted by Gasteiger charge is 2.48. The van der Waals surface area contributed by atoms with Gasteiger partial charge in [-0.1, -0.05) is 81.4 Å². The Bertz CT molecular complexity index is 643. The van der Waals surface area contributed by atoms with Gasteiger partial charge >= 0.3 is 0 Å². The summed E-state index contributed by atoms with van der Waals surface area (Å²) in [5.74, 6) is 0. The van der Waals surface area contributed by atoms with Crippen molar-refractivity contribution in [3.05, 3.63) is 34.3 Å². The molecule has 0 bridgehead atoms. The average Bonchev–Trinajstić information content (AvgIpc) is 2.84. The van der Waals surface area contributed by atoms with Crippen LogP contribution >= 0.6 is 15.9 Å². The molecular formula is C28H47BrO5. The minimum Gasteiger partial charge on any atom is -0.379 e. The molecule has 3 unspecified atom stereocenters. The van der Waals surface area contributed by atoms with Gasteiger partial charge in [0.1, 0.15) is 30.5 Å². The highest BCUT2D eigenvalue weighted by Crippen LogP contribution is 2.38. The highest BCUT2D eigenvalue weighted by atomic mass is 79.9. The van der Waals surface area contributed by atoms with Crippen molar-refractivity contribution in [3.63, 3.8) is 0 Å². The van der Waals surface area contributed by atoms with Crippen molar-refractivity contribution in [2.75, 3.05) is 33.0 Å². The summed E-state index contributed by atoms with van der Waals surface area (Å²) in [7, 11) is 0. The van der Waals surface area contributed by atoms with Crippen LogP contribution in [0.5, 0.6) is 0 Å². The molecule has 1 saturated heterocycles. The molecule has 196 valence electrons. The monoisotopic (exact) mass is 542 g/mol. The van der Waals surface area contributed by atoms with Gasteiger partial charge in [0.05, 0.1) is 6.61 Å². The van der Waals surface area contributed by atoms with Gasteiger partial charge in [-0.2, -0.15) is 0 Å². The Kier molecular flexibility index (Phi) is 15.6. The van der Waals surface area contributed by atoms with Crippen LogP contribution in [0.15, 0.2) is 28.7 Å². The van der Waals surface area contributed by atoms with E-state index in [1.54, 1.807) is 0 Å². The molecule has 5 nitrogen and oxygen atoms in total. The largest absolute Gasteiger partial charge is 0.379 e. The summed E-state index contributed by atoms with van der Waals surface area (Å²) < 4.78 is 33.4. The zero-order valence-electron chi connectivity index (χ0n) is 21.8. The van der Waals surface area contributed by atoms with E-state index < -0.39 is 0 Å². The van der Waals surface area contributed by atoms with E-state index in [1.807, 2.05) is 6.07 Å². The molecule has 1 aromatic rings. The maximum Gasteiger partial charge on any atom is 0.117 e. The maximum atomic E-state index is 6.76. The van der Waals surface area contributed by atoms with Crippen molar-refractivity contribution >= 4 is 15.9 Å². The molecule has 0 saturated carbocycles. The smallest absolute Gasteiger partial charge is 0.117 e. The number of halogens is 1. The fourth-order valence-corrected chi connectivity index (χ4v) is 4.53. The van der Waals surface area contributed by atoms with Crippen molar-refractivity contribution < 1.29 is 23.7 Å². The number of unbranched alkanes of at least 4 members (excludes halogenated alkanes) is 4. The van der Waals surface area contributed by atoms with Crippen molar-refractivity contribution in [2.45, 2.75) is 110 Å². The van der Waals surface area contributed by atoms with Crippen LogP contribution in [0.2, 0.25) is 0 Å². The summed E-state index contributed by atoms with van der Waals surface area (Å²) in [6.45, 7) is 12.0. The van der Waals surface area contributed by atoms with Crippen molar-refractivity contribution in [2.24, 2.45) is 0 Å². The molecule has 0 aliphatic carbocycles. The molecule has 0 aromatic heterocycles. The van der Waals surface area contributed by atoms with Crippen LogP contribution in [-0.4, -0.2) is 57.5 Å². The first-order valence-electron chi connectivity index (χ1n) is 13.5. The molecule has 1 heterocycles. The lowest BCUT2D eigenvalue weighted by Gasteiger charge is -2.46. The number of ether oxygens (including phenoxy) is 5. The van der Waals surface area contributed by atoms with Crippen LogP contribution in [0, 0.1) is 0 Å². The summed E-state index contributed by atoms with van der Waals surface area (Å²) >= 11 is 3.63. The zero-order chi connectivity index (χ0) is 24.6. The lowest BCUT2D eigenvalue weighted by molar-refractivity contribution is -0.268. The van der Waals surface area contributed by atoms with Gasteiger partial charge in [0.2, 0.25) is 0 Å². The van der Waals surface area contributed by atoms with Crippen LogP contribution in [0.4, 0.5) is 0 Å². The van der Waals surface area contributed by atoms with Gasteiger partial charge in [-0.3, -0.25) is 0 Å². The molecule has 5 atom stereocenters. The Hall–Kier alpha value is -0.500. The highest BCUT2D eigenvalue weighted by molar-refractivity contribution is 9.10. The molecule has 0 radical (unpaired) electrons. The topological polar surface area (TPSA) is 46.2 Å². The fourth-order valence-electron chi connectivity index (χ4n) is 4.11. The molecule has 1 fully saturated rings. The Morgan fingerprint density at radius 1 is 0.735 bits per heavy atom. The van der Waals surface area contributed by atoms with Crippen LogP contribution in [-0.2, 0) is 23.7 Å². The predicted octanol–water partition coefficient (Wildman–Crippen LogP) is 7.26. The number of rotatable bonds is 18. The summed E-state index contributed by atoms with van der Waals surface area (Å²) in [4.78, 5) is 0. The van der Waals surface area contributed by atoms with E-state index in [-0.39, 0.29) is 30.5 Å². The summed E-state index contributed by atoms with van der Waals surface area (Å²) in [6.07, 6.45) is 7.32. The Morgan fingerprint density at radius 2 is 1.29 bits per heavy atom. The van der Waals surface area contributed by atoms with Gasteiger partial charge in [0.25, 0.3) is 0 Å². The molecule has 1 aromatic carbocycles. The van der Waals surface area contributed by atoms with Gasteiger partial charge in [0, 0.05) is 30.9 Å². The van der Waals surface area contributed by atoms with Crippen LogP contribution < -0.4 is 0 Å². The second kappa shape index (κ2) is 17.9. The van der Waals surface area contributed by atoms with Gasteiger partial charge < -0.3 is 23.7 Å². The lowest BCUT2D eigenvalue weighted by Crippen LogP contribution is -2.58. The van der Waals surface area contributed by atoms with E-state index in [9.17, 15) is 0 Å². The molecule has 0 spiro atoms. The fraction of sp³-hybridized carbons (Fsp3) is 0.786. The van der Waals surface area contributed by atoms with E-state index in [0.29, 0.717) is 26.4 Å². The number of hydrogen-bond acceptors (Lipinski definition) is 5. The first kappa shape index (κ1) is 29.7. The van der Waals surface area contributed by atoms with Gasteiger partial charge in [-0.25, -0.2) is 0 Å². The second-order valence-corrected chi connectivity index (χ2v) is 10.1. The number of hydrogen-bond donors (Lipinski definition) is 0. The van der Waals surface area contributed by atoms with Gasteiger partial charge in [0.15, 0.2) is 0 Å². The summed E-state index contributed by atoms with van der Waals surface area (Å²) in [5.41, 5.74) is 1.09. The molecular weight excluding hydrogens is 496 g/mol. The zero-order valence-corrected chi connectivity index (χ0v) is 23.4. The lowest BCUT2D eigenvalue weighted by atomic mass is 9.90. The van der Waals surface area contributed by atoms with Crippen LogP contribution in [0.1, 0.15) is 90.7 Å². The first-order chi connectivity index (χ1) is 16.7. The molecule has 6 heteroatoms. The van der Waals surface area contributed by atoms with E-state index in [0.717, 1.165) is 68.0 Å². The molecule has 2 rings (SSSR count). The number of benzene rings is 1. The van der Waals surface area contributed by atoms with E-state index >= 15 is 0 Å². The summed E-state index contributed by atoms with van der Waals surface area (Å²) in [5, 5.41) is 0. The van der Waals surface area contributed by atoms with Crippen LogP contribution in [0.3, 0.4) is 0 Å². The Balaban J connectivity index is 2.35. The van der Waals surface area contributed by atoms with Crippen molar-refractivity contribution in [1.82, 2.24) is 0 Å². The van der Waals surface area contributed by atoms with E-state index in [4.69, 9.17) is 23.7 Å². The van der Waals surface area contributed by atoms with Gasteiger partial charge in [-0.05, 0) is 43.4 Å².